The van der Waals surface area contributed by atoms with Gasteiger partial charge in [0.1, 0.15) is 5.75 Å². The maximum absolute atomic E-state index is 11.7. The summed E-state index contributed by atoms with van der Waals surface area (Å²) in [6.07, 6.45) is 0. The Balaban J connectivity index is 1.84. The van der Waals surface area contributed by atoms with Crippen LogP contribution in [0.5, 0.6) is 5.75 Å². The third-order valence-electron chi connectivity index (χ3n) is 2.92. The molecule has 2 amide bonds. The fourth-order valence-corrected chi connectivity index (χ4v) is 1.98. The molecular weight excluding hydrogens is 304 g/mol. The van der Waals surface area contributed by atoms with Crippen LogP contribution < -0.4 is 15.8 Å². The second kappa shape index (κ2) is 7.47. The van der Waals surface area contributed by atoms with Gasteiger partial charge in [0.15, 0.2) is 6.61 Å². The maximum Gasteiger partial charge on any atom is 0.258 e. The van der Waals surface area contributed by atoms with Crippen molar-refractivity contribution in [3.63, 3.8) is 0 Å². The van der Waals surface area contributed by atoms with Crippen molar-refractivity contribution in [3.05, 3.63) is 64.7 Å². The van der Waals surface area contributed by atoms with E-state index in [1.807, 2.05) is 18.2 Å². The molecule has 0 radical (unpaired) electrons. The van der Waals surface area contributed by atoms with Crippen LogP contribution in [0.1, 0.15) is 15.9 Å². The number of nitrogens with two attached hydrogens (primary N) is 1. The van der Waals surface area contributed by atoms with Crippen LogP contribution in [0.3, 0.4) is 0 Å². The van der Waals surface area contributed by atoms with Crippen molar-refractivity contribution in [2.45, 2.75) is 6.54 Å². The lowest BCUT2D eigenvalue weighted by atomic mass is 10.2. The van der Waals surface area contributed by atoms with Crippen LogP contribution in [0.2, 0.25) is 5.02 Å². The smallest absolute Gasteiger partial charge is 0.258 e. The summed E-state index contributed by atoms with van der Waals surface area (Å²) in [6, 6.07) is 13.6. The zero-order chi connectivity index (χ0) is 15.9. The molecule has 0 aliphatic carbocycles. The minimum Gasteiger partial charge on any atom is -0.484 e. The SMILES string of the molecule is NC(=O)c1cccc(OCC(=O)NCc2ccccc2Cl)c1. The normalized spacial score (nSPS) is 10.0. The van der Waals surface area contributed by atoms with Crippen molar-refractivity contribution < 1.29 is 14.3 Å². The van der Waals surface area contributed by atoms with E-state index >= 15 is 0 Å². The van der Waals surface area contributed by atoms with Crippen molar-refractivity contribution in [1.82, 2.24) is 5.32 Å². The summed E-state index contributed by atoms with van der Waals surface area (Å²) in [5, 5.41) is 3.30. The molecule has 0 aliphatic rings. The predicted octanol–water partition coefficient (Wildman–Crippen LogP) is 2.13. The molecule has 0 fully saturated rings. The maximum atomic E-state index is 11.7. The Morgan fingerprint density at radius 1 is 1.14 bits per heavy atom. The minimum atomic E-state index is -0.548. The summed E-state index contributed by atoms with van der Waals surface area (Å²) in [5.41, 5.74) is 6.33. The van der Waals surface area contributed by atoms with Gasteiger partial charge in [0.2, 0.25) is 5.91 Å². The summed E-state index contributed by atoms with van der Waals surface area (Å²) < 4.78 is 5.32. The Kier molecular flexibility index (Phi) is 5.38. The number of nitrogens with one attached hydrogen (secondary N) is 1. The molecule has 0 bridgehead atoms. The Hall–Kier alpha value is -2.53. The lowest BCUT2D eigenvalue weighted by Crippen LogP contribution is -2.28. The van der Waals surface area contributed by atoms with Crippen molar-refractivity contribution in [2.75, 3.05) is 6.61 Å². The van der Waals surface area contributed by atoms with Crippen LogP contribution in [0.15, 0.2) is 48.5 Å². The van der Waals surface area contributed by atoms with Crippen molar-refractivity contribution in [1.29, 1.82) is 0 Å². The number of primary amides is 1. The largest absolute Gasteiger partial charge is 0.484 e. The molecule has 6 heteroatoms. The number of hydrogen-bond donors (Lipinski definition) is 2. The molecule has 114 valence electrons. The molecule has 0 aromatic heterocycles. The Bertz CT molecular complexity index is 689. The molecule has 5 nitrogen and oxygen atoms in total. The number of carbonyl (C=O) groups is 2. The van der Waals surface area contributed by atoms with E-state index < -0.39 is 5.91 Å². The van der Waals surface area contributed by atoms with E-state index in [1.165, 1.54) is 6.07 Å². The summed E-state index contributed by atoms with van der Waals surface area (Å²) >= 11 is 6.00. The summed E-state index contributed by atoms with van der Waals surface area (Å²) in [4.78, 5) is 22.8. The first-order valence-electron chi connectivity index (χ1n) is 6.59. The Morgan fingerprint density at radius 3 is 2.64 bits per heavy atom. The van der Waals surface area contributed by atoms with Crippen LogP contribution >= 0.6 is 11.6 Å². The second-order valence-corrected chi connectivity index (χ2v) is 4.96. The monoisotopic (exact) mass is 318 g/mol. The predicted molar refractivity (Wildman–Crippen MR) is 83.8 cm³/mol. The first-order valence-corrected chi connectivity index (χ1v) is 6.97. The fraction of sp³-hybridized carbons (Fsp3) is 0.125. The van der Waals surface area contributed by atoms with Gasteiger partial charge < -0.3 is 15.8 Å². The molecule has 3 N–H and O–H groups in total. The minimum absolute atomic E-state index is 0.160. The summed E-state index contributed by atoms with van der Waals surface area (Å²) in [6.45, 7) is 0.163. The average Bonchev–Trinajstić information content (AvgIpc) is 2.52. The molecule has 0 saturated carbocycles. The highest BCUT2D eigenvalue weighted by Gasteiger charge is 2.06. The van der Waals surface area contributed by atoms with E-state index in [1.54, 1.807) is 24.3 Å². The number of hydrogen-bond acceptors (Lipinski definition) is 3. The van der Waals surface area contributed by atoms with Gasteiger partial charge in [-0.3, -0.25) is 9.59 Å². The van der Waals surface area contributed by atoms with Gasteiger partial charge >= 0.3 is 0 Å². The Labute approximate surface area is 133 Å². The molecule has 0 heterocycles. The van der Waals surface area contributed by atoms with Gasteiger partial charge in [-0.15, -0.1) is 0 Å². The molecule has 2 aromatic rings. The van der Waals surface area contributed by atoms with Crippen molar-refractivity contribution in [3.8, 4) is 5.75 Å². The third-order valence-corrected chi connectivity index (χ3v) is 3.29. The zero-order valence-electron chi connectivity index (χ0n) is 11.7. The molecule has 2 rings (SSSR count). The van der Waals surface area contributed by atoms with E-state index in [4.69, 9.17) is 22.1 Å². The number of benzene rings is 2. The van der Waals surface area contributed by atoms with Crippen molar-refractivity contribution >= 4 is 23.4 Å². The lowest BCUT2D eigenvalue weighted by molar-refractivity contribution is -0.123. The van der Waals surface area contributed by atoms with Crippen LogP contribution in [0, 0.1) is 0 Å². The third kappa shape index (κ3) is 4.49. The lowest BCUT2D eigenvalue weighted by Gasteiger charge is -2.09. The number of amides is 2. The summed E-state index contributed by atoms with van der Waals surface area (Å²) in [5.74, 6) is -0.429. The quantitative estimate of drug-likeness (QED) is 0.856. The fourth-order valence-electron chi connectivity index (χ4n) is 1.77. The highest BCUT2D eigenvalue weighted by molar-refractivity contribution is 6.31. The number of ether oxygens (including phenoxy) is 1. The van der Waals surface area contributed by atoms with Gasteiger partial charge in [0, 0.05) is 17.1 Å². The van der Waals surface area contributed by atoms with Gasteiger partial charge in [-0.1, -0.05) is 35.9 Å². The molecule has 0 saturated heterocycles. The van der Waals surface area contributed by atoms with E-state index in [0.29, 0.717) is 22.9 Å². The number of rotatable bonds is 6. The van der Waals surface area contributed by atoms with E-state index in [9.17, 15) is 9.59 Å². The molecule has 0 spiro atoms. The number of carbonyl (C=O) groups excluding carboxylic acids is 2. The van der Waals surface area contributed by atoms with Crippen LogP contribution in [-0.2, 0) is 11.3 Å². The molecule has 0 unspecified atom stereocenters. The molecule has 2 aromatic carbocycles. The average molecular weight is 319 g/mol. The van der Waals surface area contributed by atoms with E-state index in [-0.39, 0.29) is 12.5 Å². The number of halogens is 1. The highest BCUT2D eigenvalue weighted by atomic mass is 35.5. The molecule has 0 atom stereocenters. The van der Waals surface area contributed by atoms with Gasteiger partial charge in [-0.2, -0.15) is 0 Å². The summed E-state index contributed by atoms with van der Waals surface area (Å²) in [7, 11) is 0. The van der Waals surface area contributed by atoms with Crippen LogP contribution in [0.25, 0.3) is 0 Å². The van der Waals surface area contributed by atoms with Gasteiger partial charge in [-0.05, 0) is 29.8 Å². The van der Waals surface area contributed by atoms with E-state index in [2.05, 4.69) is 5.32 Å². The van der Waals surface area contributed by atoms with Gasteiger partial charge in [0.25, 0.3) is 5.91 Å². The first kappa shape index (κ1) is 15.9. The van der Waals surface area contributed by atoms with Gasteiger partial charge in [0.05, 0.1) is 0 Å². The highest BCUT2D eigenvalue weighted by Crippen LogP contribution is 2.15. The topological polar surface area (TPSA) is 81.4 Å². The zero-order valence-corrected chi connectivity index (χ0v) is 12.5. The second-order valence-electron chi connectivity index (χ2n) is 4.55. The first-order chi connectivity index (χ1) is 10.6. The van der Waals surface area contributed by atoms with Gasteiger partial charge in [-0.25, -0.2) is 0 Å². The van der Waals surface area contributed by atoms with Crippen LogP contribution in [0.4, 0.5) is 0 Å². The van der Waals surface area contributed by atoms with E-state index in [0.717, 1.165) is 5.56 Å². The molecule has 0 aliphatic heterocycles. The standard InChI is InChI=1S/C16H15ClN2O3/c17-14-7-2-1-4-12(14)9-19-15(20)10-22-13-6-3-5-11(8-13)16(18)21/h1-8H,9-10H2,(H2,18,21)(H,19,20). The van der Waals surface area contributed by atoms with Crippen molar-refractivity contribution in [2.24, 2.45) is 5.73 Å². The Morgan fingerprint density at radius 2 is 1.91 bits per heavy atom. The molecule has 22 heavy (non-hydrogen) atoms. The molecular formula is C16H15ClN2O3. The van der Waals surface area contributed by atoms with Crippen LogP contribution in [-0.4, -0.2) is 18.4 Å².